The number of rotatable bonds is 6. The number of carbonyl (C=O) groups is 2. The van der Waals surface area contributed by atoms with E-state index < -0.39 is 29.7 Å². The molecule has 2 saturated carbocycles. The van der Waals surface area contributed by atoms with Gasteiger partial charge < -0.3 is 24.6 Å². The molecule has 2 N–H and O–H groups in total. The van der Waals surface area contributed by atoms with E-state index in [0.29, 0.717) is 12.0 Å². The number of esters is 2. The Bertz CT molecular complexity index is 1420. The van der Waals surface area contributed by atoms with Crippen molar-refractivity contribution >= 4 is 17.6 Å². The number of ether oxygens (including phenoxy) is 3. The van der Waals surface area contributed by atoms with Crippen LogP contribution in [0.5, 0.6) is 5.75 Å². The Labute approximate surface area is 234 Å². The summed E-state index contributed by atoms with van der Waals surface area (Å²) >= 11 is 0. The molecule has 0 aromatic heterocycles. The van der Waals surface area contributed by atoms with Crippen molar-refractivity contribution in [2.24, 2.45) is 11.8 Å². The molecule has 8 rings (SSSR count). The van der Waals surface area contributed by atoms with E-state index in [1.807, 2.05) is 12.1 Å². The molecule has 2 aromatic carbocycles. The lowest BCUT2D eigenvalue weighted by atomic mass is 9.46. The molecule has 2 aromatic rings. The number of hydrogen-bond acceptors (Lipinski definition) is 8. The molecule has 2 bridgehead atoms. The average molecular weight is 545 g/mol. The predicted octanol–water partition coefficient (Wildman–Crippen LogP) is 3.75. The zero-order chi connectivity index (χ0) is 27.4. The number of carbonyl (C=O) groups excluding carboxylic acids is 2. The van der Waals surface area contributed by atoms with Crippen molar-refractivity contribution in [2.45, 2.75) is 81.1 Å². The first kappa shape index (κ1) is 24.7. The summed E-state index contributed by atoms with van der Waals surface area (Å²) in [6.07, 6.45) is 4.80. The zero-order valence-electron chi connectivity index (χ0n) is 23.0. The third-order valence-electron chi connectivity index (χ3n) is 10.6. The standard InChI is InChI=1S/C32H36N2O6/c1-17(2)29(35)38-16-39-30(36)20-8-9-21-22-14-32(37)25-13-19-4-3-5-24-26(19)31(32,10-11-34(25)15-18-6-7-18)28(40-24)27(22)33-23(21)12-20/h3-5,8-9,12,17-18,22,25,27-28,33,37H,6-7,10-11,13-16H2,1-2H3. The van der Waals surface area contributed by atoms with Crippen LogP contribution in [-0.2, 0) is 26.1 Å². The monoisotopic (exact) mass is 544 g/mol. The van der Waals surface area contributed by atoms with E-state index >= 15 is 0 Å². The van der Waals surface area contributed by atoms with Crippen LogP contribution in [0.15, 0.2) is 36.4 Å². The summed E-state index contributed by atoms with van der Waals surface area (Å²) in [5.74, 6) is 0.515. The summed E-state index contributed by atoms with van der Waals surface area (Å²) in [5, 5.41) is 16.7. The minimum Gasteiger partial charge on any atom is -0.487 e. The highest BCUT2D eigenvalue weighted by Gasteiger charge is 2.75. The van der Waals surface area contributed by atoms with E-state index in [4.69, 9.17) is 14.2 Å². The third kappa shape index (κ3) is 3.26. The molecule has 3 aliphatic heterocycles. The number of fused-ring (bicyclic) bond motifs is 4. The summed E-state index contributed by atoms with van der Waals surface area (Å²) < 4.78 is 17.0. The lowest BCUT2D eigenvalue weighted by Gasteiger charge is -2.65. The van der Waals surface area contributed by atoms with E-state index in [-0.39, 0.29) is 30.0 Å². The maximum Gasteiger partial charge on any atom is 0.341 e. The Kier molecular flexibility index (Phi) is 5.22. The quantitative estimate of drug-likeness (QED) is 0.419. The number of piperidine rings is 1. The Morgan fingerprint density at radius 2 is 2.05 bits per heavy atom. The molecular weight excluding hydrogens is 508 g/mol. The molecule has 3 heterocycles. The van der Waals surface area contributed by atoms with Gasteiger partial charge in [-0.3, -0.25) is 9.69 Å². The van der Waals surface area contributed by atoms with Crippen LogP contribution < -0.4 is 10.1 Å². The number of likely N-dealkylation sites (tertiary alicyclic amines) is 1. The van der Waals surface area contributed by atoms with Gasteiger partial charge in [0, 0.05) is 29.8 Å². The predicted molar refractivity (Wildman–Crippen MR) is 146 cm³/mol. The lowest BCUT2D eigenvalue weighted by molar-refractivity contribution is -0.191. The molecule has 6 atom stereocenters. The van der Waals surface area contributed by atoms with Crippen LogP contribution in [-0.4, -0.2) is 65.6 Å². The number of aliphatic hydroxyl groups is 1. The van der Waals surface area contributed by atoms with Crippen molar-refractivity contribution in [1.29, 1.82) is 0 Å². The van der Waals surface area contributed by atoms with Crippen LogP contribution in [0.4, 0.5) is 5.69 Å². The molecule has 0 radical (unpaired) electrons. The average Bonchev–Trinajstić information content (AvgIpc) is 3.58. The Morgan fingerprint density at radius 1 is 1.20 bits per heavy atom. The molecule has 0 amide bonds. The smallest absolute Gasteiger partial charge is 0.341 e. The summed E-state index contributed by atoms with van der Waals surface area (Å²) in [7, 11) is 0. The summed E-state index contributed by atoms with van der Waals surface area (Å²) in [6, 6.07) is 12.0. The summed E-state index contributed by atoms with van der Waals surface area (Å²) in [6.45, 7) is 5.11. The van der Waals surface area contributed by atoms with Gasteiger partial charge in [0.05, 0.1) is 28.5 Å². The fourth-order valence-electron chi connectivity index (χ4n) is 8.66. The second kappa shape index (κ2) is 8.46. The highest BCUT2D eigenvalue weighted by molar-refractivity contribution is 5.91. The molecule has 1 saturated heterocycles. The van der Waals surface area contributed by atoms with Gasteiger partial charge in [-0.25, -0.2) is 4.79 Å². The van der Waals surface area contributed by atoms with Gasteiger partial charge in [-0.05, 0) is 73.9 Å². The number of nitrogens with zero attached hydrogens (tertiary/aromatic N) is 1. The number of benzene rings is 2. The fourth-order valence-corrected chi connectivity index (χ4v) is 8.66. The van der Waals surface area contributed by atoms with Crippen LogP contribution >= 0.6 is 0 Å². The molecule has 210 valence electrons. The van der Waals surface area contributed by atoms with Crippen LogP contribution in [0.3, 0.4) is 0 Å². The van der Waals surface area contributed by atoms with E-state index in [2.05, 4.69) is 28.4 Å². The van der Waals surface area contributed by atoms with Gasteiger partial charge in [-0.2, -0.15) is 0 Å². The second-order valence-electron chi connectivity index (χ2n) is 13.1. The Morgan fingerprint density at radius 3 is 2.85 bits per heavy atom. The van der Waals surface area contributed by atoms with Crippen molar-refractivity contribution in [2.75, 3.05) is 25.2 Å². The van der Waals surface area contributed by atoms with E-state index in [1.165, 1.54) is 24.0 Å². The van der Waals surface area contributed by atoms with Gasteiger partial charge in [-0.15, -0.1) is 0 Å². The lowest BCUT2D eigenvalue weighted by Crippen LogP contribution is -2.78. The van der Waals surface area contributed by atoms with Gasteiger partial charge >= 0.3 is 11.9 Å². The van der Waals surface area contributed by atoms with Gasteiger partial charge in [0.25, 0.3) is 0 Å². The van der Waals surface area contributed by atoms with E-state index in [9.17, 15) is 14.7 Å². The highest BCUT2D eigenvalue weighted by atomic mass is 16.7. The number of hydrogen-bond donors (Lipinski definition) is 2. The van der Waals surface area contributed by atoms with Crippen LogP contribution in [0.1, 0.15) is 72.5 Å². The summed E-state index contributed by atoms with van der Waals surface area (Å²) in [4.78, 5) is 27.1. The summed E-state index contributed by atoms with van der Waals surface area (Å²) in [5.41, 5.74) is 3.60. The third-order valence-corrected chi connectivity index (χ3v) is 10.6. The zero-order valence-corrected chi connectivity index (χ0v) is 23.0. The van der Waals surface area contributed by atoms with Crippen molar-refractivity contribution in [3.8, 4) is 5.75 Å². The molecular formula is C32H36N2O6. The largest absolute Gasteiger partial charge is 0.487 e. The van der Waals surface area contributed by atoms with Crippen LogP contribution in [0.2, 0.25) is 0 Å². The van der Waals surface area contributed by atoms with Gasteiger partial charge in [0.2, 0.25) is 6.79 Å². The first-order chi connectivity index (χ1) is 19.3. The van der Waals surface area contributed by atoms with Crippen molar-refractivity contribution in [1.82, 2.24) is 4.90 Å². The first-order valence-electron chi connectivity index (χ1n) is 14.8. The normalized spacial score (nSPS) is 34.3. The van der Waals surface area contributed by atoms with E-state index in [1.54, 1.807) is 19.9 Å². The minimum absolute atomic E-state index is 0.0116. The maximum atomic E-state index is 12.9. The molecule has 3 aliphatic carbocycles. The van der Waals surface area contributed by atoms with Crippen molar-refractivity contribution in [3.63, 3.8) is 0 Å². The maximum absolute atomic E-state index is 12.9. The topological polar surface area (TPSA) is 97.3 Å². The fraction of sp³-hybridized carbons (Fsp3) is 0.562. The molecule has 8 nitrogen and oxygen atoms in total. The second-order valence-corrected chi connectivity index (χ2v) is 13.1. The van der Waals surface area contributed by atoms with Gasteiger partial charge in [0.1, 0.15) is 11.9 Å². The SMILES string of the molecule is CC(C)C(=O)OCOC(=O)c1ccc2c(c1)NC1C2CC2(O)C3Cc4cccc5c4C2(CCN3CC2CC2)C1O5. The molecule has 40 heavy (non-hydrogen) atoms. The molecule has 6 aliphatic rings. The van der Waals surface area contributed by atoms with Crippen LogP contribution in [0.25, 0.3) is 0 Å². The number of nitrogens with one attached hydrogen (secondary N) is 1. The molecule has 6 unspecified atom stereocenters. The molecule has 1 spiro atoms. The molecule has 8 heteroatoms. The Hall–Kier alpha value is -3.10. The highest BCUT2D eigenvalue weighted by Crippen LogP contribution is 2.67. The van der Waals surface area contributed by atoms with E-state index in [0.717, 1.165) is 48.8 Å². The first-order valence-corrected chi connectivity index (χ1v) is 14.8. The van der Waals surface area contributed by atoms with Crippen molar-refractivity contribution in [3.05, 3.63) is 58.7 Å². The van der Waals surface area contributed by atoms with Crippen molar-refractivity contribution < 1.29 is 28.9 Å². The van der Waals surface area contributed by atoms with Gasteiger partial charge in [-0.1, -0.05) is 32.0 Å². The minimum atomic E-state index is -0.896. The Balaban J connectivity index is 1.12. The molecule has 3 fully saturated rings. The van der Waals surface area contributed by atoms with Gasteiger partial charge in [0.15, 0.2) is 0 Å². The van der Waals surface area contributed by atoms with Crippen LogP contribution in [0, 0.1) is 11.8 Å². The number of anilines is 1.